The van der Waals surface area contributed by atoms with Crippen LogP contribution in [0.2, 0.25) is 0 Å². The van der Waals surface area contributed by atoms with Gasteiger partial charge in [0.05, 0.1) is 24.1 Å². The van der Waals surface area contributed by atoms with Crippen molar-refractivity contribution in [3.63, 3.8) is 0 Å². The smallest absolute Gasteiger partial charge is 0.252 e. The van der Waals surface area contributed by atoms with Gasteiger partial charge >= 0.3 is 0 Å². The number of anilines is 1. The van der Waals surface area contributed by atoms with Gasteiger partial charge in [-0.3, -0.25) is 4.79 Å². The van der Waals surface area contributed by atoms with E-state index in [1.54, 1.807) is 6.20 Å². The summed E-state index contributed by atoms with van der Waals surface area (Å²) in [4.78, 5) is 21.6. The number of amides is 1. The third-order valence-electron chi connectivity index (χ3n) is 7.76. The SMILES string of the molecule is Nc1ncnc2c1c(C#CCNC(=O)c1ccc3ccc4cccc5ccc1c3c45)cn2[C@@H]1O[C@H](CO)[C@@H](O)[C@H]1O. The van der Waals surface area contributed by atoms with Crippen LogP contribution in [0.15, 0.2) is 67.1 Å². The number of nitrogens with zero attached hydrogens (tertiary/aromatic N) is 3. The fraction of sp³-hybridized carbons (Fsp3) is 0.194. The second-order valence-corrected chi connectivity index (χ2v) is 10.1. The summed E-state index contributed by atoms with van der Waals surface area (Å²) in [6.45, 7) is -0.390. The van der Waals surface area contributed by atoms with Gasteiger partial charge in [-0.1, -0.05) is 60.4 Å². The maximum absolute atomic E-state index is 13.3. The molecule has 6 N–H and O–H groups in total. The molecule has 0 bridgehead atoms. The summed E-state index contributed by atoms with van der Waals surface area (Å²) >= 11 is 0. The largest absolute Gasteiger partial charge is 0.394 e. The summed E-state index contributed by atoms with van der Waals surface area (Å²) in [5.41, 5.74) is 7.52. The number of hydrogen-bond acceptors (Lipinski definition) is 8. The van der Waals surface area contributed by atoms with Gasteiger partial charge in [-0.2, -0.15) is 0 Å². The number of fused-ring (bicyclic) bond motifs is 1. The lowest BCUT2D eigenvalue weighted by Crippen LogP contribution is -2.33. The Morgan fingerprint density at radius 2 is 1.71 bits per heavy atom. The molecule has 1 fully saturated rings. The first-order chi connectivity index (χ1) is 20.0. The molecule has 1 aliphatic heterocycles. The summed E-state index contributed by atoms with van der Waals surface area (Å²) in [6.07, 6.45) is -1.65. The molecule has 0 unspecified atom stereocenters. The minimum Gasteiger partial charge on any atom is -0.394 e. The van der Waals surface area contributed by atoms with Crippen LogP contribution < -0.4 is 11.1 Å². The minimum atomic E-state index is -1.30. The van der Waals surface area contributed by atoms with Gasteiger partial charge in [-0.25, -0.2) is 9.97 Å². The van der Waals surface area contributed by atoms with Crippen molar-refractivity contribution in [1.82, 2.24) is 19.9 Å². The average Bonchev–Trinajstić information content (AvgIpc) is 3.50. The fourth-order valence-corrected chi connectivity index (χ4v) is 5.80. The number of ether oxygens (including phenoxy) is 1. The molecule has 204 valence electrons. The molecule has 1 saturated heterocycles. The predicted molar refractivity (Wildman–Crippen MR) is 154 cm³/mol. The van der Waals surface area contributed by atoms with Gasteiger partial charge in [0.1, 0.15) is 36.1 Å². The van der Waals surface area contributed by atoms with E-state index in [0.29, 0.717) is 22.2 Å². The van der Waals surface area contributed by atoms with E-state index in [-0.39, 0.29) is 18.3 Å². The molecule has 41 heavy (non-hydrogen) atoms. The van der Waals surface area contributed by atoms with Crippen LogP contribution in [0.1, 0.15) is 22.1 Å². The molecule has 1 amide bonds. The van der Waals surface area contributed by atoms with Crippen molar-refractivity contribution in [3.05, 3.63) is 78.2 Å². The number of benzene rings is 4. The van der Waals surface area contributed by atoms with Crippen molar-refractivity contribution >= 4 is 55.1 Å². The van der Waals surface area contributed by atoms with Crippen molar-refractivity contribution in [3.8, 4) is 11.8 Å². The molecular weight excluding hydrogens is 522 g/mol. The van der Waals surface area contributed by atoms with Crippen molar-refractivity contribution in [2.24, 2.45) is 0 Å². The fourth-order valence-electron chi connectivity index (χ4n) is 5.80. The van der Waals surface area contributed by atoms with Crippen molar-refractivity contribution in [2.75, 3.05) is 18.9 Å². The molecule has 0 aliphatic carbocycles. The van der Waals surface area contributed by atoms with Crippen molar-refractivity contribution < 1.29 is 24.9 Å². The van der Waals surface area contributed by atoms with Gasteiger partial charge in [0.2, 0.25) is 0 Å². The number of aliphatic hydroxyl groups is 3. The Hall–Kier alpha value is -4.79. The van der Waals surface area contributed by atoms with Crippen molar-refractivity contribution in [1.29, 1.82) is 0 Å². The van der Waals surface area contributed by atoms with Gasteiger partial charge in [-0.05, 0) is 38.4 Å². The van der Waals surface area contributed by atoms with Crippen LogP contribution in [-0.4, -0.2) is 67.2 Å². The Morgan fingerprint density at radius 3 is 2.46 bits per heavy atom. The van der Waals surface area contributed by atoms with Crippen molar-refractivity contribution in [2.45, 2.75) is 24.5 Å². The maximum Gasteiger partial charge on any atom is 0.252 e. The zero-order valence-corrected chi connectivity index (χ0v) is 21.7. The van der Waals surface area contributed by atoms with Crippen LogP contribution in [0.25, 0.3) is 43.4 Å². The summed E-state index contributed by atoms with van der Waals surface area (Å²) in [5, 5.41) is 40.0. The number of nitrogens with one attached hydrogen (secondary N) is 1. The predicted octanol–water partition coefficient (Wildman–Crippen LogP) is 2.30. The number of rotatable bonds is 4. The van der Waals surface area contributed by atoms with Crippen LogP contribution in [-0.2, 0) is 4.74 Å². The molecule has 4 aromatic carbocycles. The van der Waals surface area contributed by atoms with E-state index in [1.807, 2.05) is 30.3 Å². The van der Waals surface area contributed by atoms with E-state index in [1.165, 1.54) is 10.9 Å². The van der Waals surface area contributed by atoms with E-state index >= 15 is 0 Å². The summed E-state index contributed by atoms with van der Waals surface area (Å²) in [7, 11) is 0. The third kappa shape index (κ3) is 3.95. The molecule has 6 aromatic rings. The molecule has 0 radical (unpaired) electrons. The molecule has 1 aliphatic rings. The Balaban J connectivity index is 1.18. The molecule has 3 heterocycles. The first-order valence-electron chi connectivity index (χ1n) is 13.1. The van der Waals surface area contributed by atoms with Gasteiger partial charge in [0, 0.05) is 11.8 Å². The van der Waals surface area contributed by atoms with Gasteiger partial charge in [0.15, 0.2) is 6.23 Å². The molecule has 7 rings (SSSR count). The second-order valence-electron chi connectivity index (χ2n) is 10.1. The molecule has 10 heteroatoms. The molecule has 4 atom stereocenters. The van der Waals surface area contributed by atoms with Crippen LogP contribution in [0.4, 0.5) is 5.82 Å². The van der Waals surface area contributed by atoms with Crippen LogP contribution in [0.5, 0.6) is 0 Å². The normalized spacial score (nSPS) is 20.7. The van der Waals surface area contributed by atoms with Crippen LogP contribution in [0, 0.1) is 11.8 Å². The highest BCUT2D eigenvalue weighted by Crippen LogP contribution is 2.36. The number of nitrogen functional groups attached to an aromatic ring is 1. The first kappa shape index (κ1) is 25.2. The zero-order chi connectivity index (χ0) is 28.2. The van der Waals surface area contributed by atoms with Gasteiger partial charge in [0.25, 0.3) is 5.91 Å². The lowest BCUT2D eigenvalue weighted by molar-refractivity contribution is -0.0508. The maximum atomic E-state index is 13.3. The highest BCUT2D eigenvalue weighted by atomic mass is 16.6. The highest BCUT2D eigenvalue weighted by Gasteiger charge is 2.44. The Labute approximate surface area is 233 Å². The monoisotopic (exact) mass is 547 g/mol. The zero-order valence-electron chi connectivity index (χ0n) is 21.7. The summed E-state index contributed by atoms with van der Waals surface area (Å²) in [5.74, 6) is 5.92. The number of aliphatic hydroxyl groups excluding tert-OH is 3. The lowest BCUT2D eigenvalue weighted by Gasteiger charge is -2.17. The third-order valence-corrected chi connectivity index (χ3v) is 7.76. The van der Waals surface area contributed by atoms with E-state index in [0.717, 1.165) is 32.3 Å². The number of carbonyl (C=O) groups excluding carboxylic acids is 1. The topological polar surface area (TPSA) is 156 Å². The number of aromatic nitrogens is 3. The highest BCUT2D eigenvalue weighted by molar-refractivity contribution is 6.26. The number of carbonyl (C=O) groups is 1. The average molecular weight is 548 g/mol. The summed E-state index contributed by atoms with van der Waals surface area (Å²) in [6, 6.07) is 18.2. The minimum absolute atomic E-state index is 0.0644. The van der Waals surface area contributed by atoms with Gasteiger partial charge < -0.3 is 35.7 Å². The van der Waals surface area contributed by atoms with E-state index in [2.05, 4.69) is 51.4 Å². The van der Waals surface area contributed by atoms with Crippen LogP contribution >= 0.6 is 0 Å². The van der Waals surface area contributed by atoms with E-state index in [4.69, 9.17) is 10.5 Å². The second kappa shape index (κ2) is 9.69. The Kier molecular flexibility index (Phi) is 5.96. The quantitative estimate of drug-likeness (QED) is 0.166. The molecule has 0 saturated carbocycles. The Bertz CT molecular complexity index is 2010. The standard InChI is InChI=1S/C31H25N5O5/c32-28-25-19(13-36(29(25)35-15-34-28)31-27(39)26(38)22(14-37)41-31)5-2-12-33-30(40)21-11-9-18-7-6-16-3-1-4-17-8-10-20(21)24(18)23(16)17/h1,3-4,6-11,13,15,22,26-27,31,37-39H,12,14H2,(H,33,40)(H2,32,34,35)/t22-,26-,27-,31-/m1/s1. The van der Waals surface area contributed by atoms with E-state index in [9.17, 15) is 20.1 Å². The molecule has 0 spiro atoms. The molecule has 2 aromatic heterocycles. The Morgan fingerprint density at radius 1 is 0.976 bits per heavy atom. The van der Waals surface area contributed by atoms with Crippen LogP contribution in [0.3, 0.4) is 0 Å². The molecular formula is C31H25N5O5. The first-order valence-corrected chi connectivity index (χ1v) is 13.1. The van der Waals surface area contributed by atoms with Gasteiger partial charge in [-0.15, -0.1) is 0 Å². The lowest BCUT2D eigenvalue weighted by atomic mass is 9.92. The van der Waals surface area contributed by atoms with E-state index < -0.39 is 31.1 Å². The molecule has 10 nitrogen and oxygen atoms in total. The number of nitrogens with two attached hydrogens (primary N) is 1. The summed E-state index contributed by atoms with van der Waals surface area (Å²) < 4.78 is 7.19. The number of hydrogen-bond donors (Lipinski definition) is 5.